The van der Waals surface area contributed by atoms with Crippen LogP contribution >= 0.6 is 0 Å². The molecule has 0 saturated carbocycles. The zero-order chi connectivity index (χ0) is 13.9. The second-order valence-corrected chi connectivity index (χ2v) is 3.92. The summed E-state index contributed by atoms with van der Waals surface area (Å²) >= 11 is 0. The van der Waals surface area contributed by atoms with Crippen LogP contribution in [0.5, 0.6) is 5.75 Å². The second-order valence-electron chi connectivity index (χ2n) is 3.92. The largest absolute Gasteiger partial charge is 0.573 e. The van der Waals surface area contributed by atoms with Gasteiger partial charge < -0.3 is 9.30 Å². The van der Waals surface area contributed by atoms with Gasteiger partial charge in [-0.25, -0.2) is 0 Å². The van der Waals surface area contributed by atoms with Gasteiger partial charge in [0.05, 0.1) is 0 Å². The van der Waals surface area contributed by atoms with Crippen LogP contribution in [0, 0.1) is 0 Å². The molecule has 0 atom stereocenters. The van der Waals surface area contributed by atoms with Crippen LogP contribution in [-0.2, 0) is 6.42 Å². The predicted molar refractivity (Wildman–Crippen MR) is 66.4 cm³/mol. The Labute approximate surface area is 108 Å². The second kappa shape index (κ2) is 5.22. The van der Waals surface area contributed by atoms with Crippen molar-refractivity contribution in [1.82, 2.24) is 4.57 Å². The third kappa shape index (κ3) is 3.40. The van der Waals surface area contributed by atoms with Crippen LogP contribution in [0.2, 0.25) is 0 Å². The first-order chi connectivity index (χ1) is 8.99. The topological polar surface area (TPSA) is 14.2 Å². The first kappa shape index (κ1) is 13.3. The molecule has 0 aliphatic carbocycles. The van der Waals surface area contributed by atoms with Gasteiger partial charge in [-0.3, -0.25) is 0 Å². The van der Waals surface area contributed by atoms with E-state index in [0.717, 1.165) is 5.69 Å². The molecule has 2 nitrogen and oxygen atoms in total. The lowest BCUT2D eigenvalue weighted by atomic mass is 10.1. The maximum atomic E-state index is 12.2. The Morgan fingerprint density at radius 3 is 2.47 bits per heavy atom. The van der Waals surface area contributed by atoms with Crippen molar-refractivity contribution in [2.45, 2.75) is 12.8 Å². The molecule has 100 valence electrons. The van der Waals surface area contributed by atoms with E-state index in [0.29, 0.717) is 12.0 Å². The number of halogens is 3. The number of hydrogen-bond acceptors (Lipinski definition) is 1. The molecule has 1 aromatic heterocycles. The average molecular weight is 267 g/mol. The summed E-state index contributed by atoms with van der Waals surface area (Å²) in [6.45, 7) is 3.61. The molecule has 2 rings (SSSR count). The number of aromatic nitrogens is 1. The van der Waals surface area contributed by atoms with Crippen LogP contribution in [0.3, 0.4) is 0 Å². The summed E-state index contributed by atoms with van der Waals surface area (Å²) in [5.41, 5.74) is 1.52. The zero-order valence-corrected chi connectivity index (χ0v) is 10.0. The number of ether oxygens (including phenoxy) is 1. The van der Waals surface area contributed by atoms with Gasteiger partial charge in [-0.15, -0.1) is 19.8 Å². The Bertz CT molecular complexity index is 559. The van der Waals surface area contributed by atoms with Gasteiger partial charge in [0, 0.05) is 18.1 Å². The van der Waals surface area contributed by atoms with Crippen LogP contribution in [0.1, 0.15) is 5.56 Å². The van der Waals surface area contributed by atoms with E-state index in [9.17, 15) is 13.2 Å². The third-order valence-electron chi connectivity index (χ3n) is 2.53. The highest BCUT2D eigenvalue weighted by Gasteiger charge is 2.31. The van der Waals surface area contributed by atoms with Crippen molar-refractivity contribution < 1.29 is 17.9 Å². The number of allylic oxidation sites excluding steroid dienone is 1. The van der Waals surface area contributed by atoms with Crippen LogP contribution in [0.15, 0.2) is 55.4 Å². The van der Waals surface area contributed by atoms with Crippen LogP contribution < -0.4 is 4.74 Å². The van der Waals surface area contributed by atoms with Crippen molar-refractivity contribution >= 4 is 0 Å². The van der Waals surface area contributed by atoms with Gasteiger partial charge in [-0.2, -0.15) is 0 Å². The van der Waals surface area contributed by atoms with E-state index in [2.05, 4.69) is 11.3 Å². The summed E-state index contributed by atoms with van der Waals surface area (Å²) in [6, 6.07) is 7.97. The van der Waals surface area contributed by atoms with Crippen LogP contribution in [-0.4, -0.2) is 10.9 Å². The van der Waals surface area contributed by atoms with E-state index in [1.807, 2.05) is 29.1 Å². The zero-order valence-electron chi connectivity index (χ0n) is 10.0. The summed E-state index contributed by atoms with van der Waals surface area (Å²) in [4.78, 5) is 0. The molecule has 1 aromatic carbocycles. The highest BCUT2D eigenvalue weighted by atomic mass is 19.4. The lowest BCUT2D eigenvalue weighted by Gasteiger charge is -2.13. The smallest absolute Gasteiger partial charge is 0.406 e. The Balaban J connectivity index is 2.38. The van der Waals surface area contributed by atoms with E-state index < -0.39 is 6.36 Å². The molecule has 0 unspecified atom stereocenters. The summed E-state index contributed by atoms with van der Waals surface area (Å²) in [5.74, 6) is -0.222. The molecule has 0 amide bonds. The molecule has 0 radical (unpaired) electrons. The number of benzene rings is 1. The molecule has 0 aliphatic heterocycles. The minimum Gasteiger partial charge on any atom is -0.406 e. The lowest BCUT2D eigenvalue weighted by molar-refractivity contribution is -0.274. The molecular formula is C14H12F3NO. The summed E-state index contributed by atoms with van der Waals surface area (Å²) < 4.78 is 42.3. The van der Waals surface area contributed by atoms with E-state index in [4.69, 9.17) is 0 Å². The summed E-state index contributed by atoms with van der Waals surface area (Å²) in [5, 5.41) is 0. The minimum absolute atomic E-state index is 0.222. The quantitative estimate of drug-likeness (QED) is 0.760. The van der Waals surface area contributed by atoms with Crippen molar-refractivity contribution in [1.29, 1.82) is 0 Å². The molecule has 5 heteroatoms. The van der Waals surface area contributed by atoms with Gasteiger partial charge in [0.2, 0.25) is 0 Å². The standard InChI is InChI=1S/C14H12F3NO/c1-2-5-11-10-12(19-14(15,16)17)6-7-13(11)18-8-3-4-9-18/h2-4,6-10H,1,5H2. The van der Waals surface area contributed by atoms with Crippen LogP contribution in [0.4, 0.5) is 13.2 Å². The summed E-state index contributed by atoms with van der Waals surface area (Å²) in [7, 11) is 0. The molecule has 0 spiro atoms. The Morgan fingerprint density at radius 2 is 1.89 bits per heavy atom. The molecule has 0 fully saturated rings. The fourth-order valence-corrected chi connectivity index (χ4v) is 1.83. The molecule has 0 saturated heterocycles. The Kier molecular flexibility index (Phi) is 3.64. The number of rotatable bonds is 4. The van der Waals surface area contributed by atoms with Crippen molar-refractivity contribution in [3.05, 3.63) is 60.9 Å². The number of hydrogen-bond donors (Lipinski definition) is 0. The maximum absolute atomic E-state index is 12.2. The van der Waals surface area contributed by atoms with E-state index >= 15 is 0 Å². The fourth-order valence-electron chi connectivity index (χ4n) is 1.83. The van der Waals surface area contributed by atoms with Gasteiger partial charge in [0.25, 0.3) is 0 Å². The van der Waals surface area contributed by atoms with Crippen LogP contribution in [0.25, 0.3) is 5.69 Å². The van der Waals surface area contributed by atoms with Gasteiger partial charge in [0.15, 0.2) is 0 Å². The van der Waals surface area contributed by atoms with Crippen molar-refractivity contribution in [3.63, 3.8) is 0 Å². The first-order valence-electron chi connectivity index (χ1n) is 5.62. The highest BCUT2D eigenvalue weighted by Crippen LogP contribution is 2.27. The Hall–Kier alpha value is -2.17. The molecular weight excluding hydrogens is 255 g/mol. The van der Waals surface area contributed by atoms with E-state index in [1.54, 1.807) is 12.1 Å². The highest BCUT2D eigenvalue weighted by molar-refractivity contribution is 5.47. The first-order valence-corrected chi connectivity index (χ1v) is 5.62. The van der Waals surface area contributed by atoms with Gasteiger partial charge in [0.1, 0.15) is 5.75 Å². The average Bonchev–Trinajstić information content (AvgIpc) is 2.81. The molecule has 0 N–H and O–H groups in total. The van der Waals surface area contributed by atoms with Crippen molar-refractivity contribution in [2.75, 3.05) is 0 Å². The van der Waals surface area contributed by atoms with E-state index in [1.165, 1.54) is 12.1 Å². The third-order valence-corrected chi connectivity index (χ3v) is 2.53. The summed E-state index contributed by atoms with van der Waals surface area (Å²) in [6.07, 6.45) is 1.07. The fraction of sp³-hybridized carbons (Fsp3) is 0.143. The molecule has 1 heterocycles. The SMILES string of the molecule is C=CCc1cc(OC(F)(F)F)ccc1-n1cccc1. The van der Waals surface area contributed by atoms with Gasteiger partial charge >= 0.3 is 6.36 Å². The molecule has 0 aliphatic rings. The van der Waals surface area contributed by atoms with Crippen molar-refractivity contribution in [3.8, 4) is 11.4 Å². The molecule has 0 bridgehead atoms. The number of alkyl halides is 3. The lowest BCUT2D eigenvalue weighted by Crippen LogP contribution is -2.17. The Morgan fingerprint density at radius 1 is 1.21 bits per heavy atom. The van der Waals surface area contributed by atoms with Crippen molar-refractivity contribution in [2.24, 2.45) is 0 Å². The van der Waals surface area contributed by atoms with Gasteiger partial charge in [-0.05, 0) is 42.3 Å². The monoisotopic (exact) mass is 267 g/mol. The van der Waals surface area contributed by atoms with Gasteiger partial charge in [-0.1, -0.05) is 6.08 Å². The number of nitrogens with zero attached hydrogens (tertiary/aromatic N) is 1. The normalized spacial score (nSPS) is 11.3. The molecule has 19 heavy (non-hydrogen) atoms. The predicted octanol–water partition coefficient (Wildman–Crippen LogP) is 4.10. The minimum atomic E-state index is -4.68. The molecule has 2 aromatic rings. The maximum Gasteiger partial charge on any atom is 0.573 e. The van der Waals surface area contributed by atoms with E-state index in [-0.39, 0.29) is 5.75 Å².